The van der Waals surface area contributed by atoms with E-state index >= 15 is 0 Å². The Labute approximate surface area is 130 Å². The van der Waals surface area contributed by atoms with Crippen LogP contribution in [0.5, 0.6) is 0 Å². The first-order valence-corrected chi connectivity index (χ1v) is 7.68. The van der Waals surface area contributed by atoms with Crippen LogP contribution in [0, 0.1) is 3.57 Å². The lowest BCUT2D eigenvalue weighted by molar-refractivity contribution is 0.0469. The second-order valence-corrected chi connectivity index (χ2v) is 6.65. The summed E-state index contributed by atoms with van der Waals surface area (Å²) in [6.45, 7) is 4.00. The first-order chi connectivity index (χ1) is 8.35. The molecule has 0 aromatic heterocycles. The highest BCUT2D eigenvalue weighted by molar-refractivity contribution is 14.1. The average Bonchev–Trinajstić information content (AvgIpc) is 2.29. The van der Waals surface area contributed by atoms with E-state index in [1.807, 2.05) is 25.1 Å². The van der Waals surface area contributed by atoms with Crippen LogP contribution in [-0.4, -0.2) is 23.2 Å². The highest BCUT2D eigenvalue weighted by atomic mass is 127. The second-order valence-electron chi connectivity index (χ2n) is 4.55. The van der Waals surface area contributed by atoms with E-state index in [1.165, 1.54) is 0 Å². The molecule has 2 N–H and O–H groups in total. The summed E-state index contributed by atoms with van der Waals surface area (Å²) in [6, 6.07) is 5.59. The molecule has 0 aliphatic carbocycles. The summed E-state index contributed by atoms with van der Waals surface area (Å²) in [5, 5.41) is 12.8. The molecule has 0 heterocycles. The van der Waals surface area contributed by atoms with Crippen LogP contribution in [0.3, 0.4) is 0 Å². The summed E-state index contributed by atoms with van der Waals surface area (Å²) in [6.07, 6.45) is 1.55. The van der Waals surface area contributed by atoms with Crippen molar-refractivity contribution in [3.63, 3.8) is 0 Å². The van der Waals surface area contributed by atoms with Crippen LogP contribution in [0.15, 0.2) is 22.7 Å². The van der Waals surface area contributed by atoms with Crippen molar-refractivity contribution in [2.75, 3.05) is 6.54 Å². The number of aliphatic hydroxyl groups is 1. The Balaban J connectivity index is 2.69. The van der Waals surface area contributed by atoms with Gasteiger partial charge < -0.3 is 10.4 Å². The smallest absolute Gasteiger partial charge is 0.252 e. The van der Waals surface area contributed by atoms with Gasteiger partial charge in [0.05, 0.1) is 11.2 Å². The van der Waals surface area contributed by atoms with Crippen LogP contribution in [0.1, 0.15) is 37.0 Å². The van der Waals surface area contributed by atoms with E-state index in [1.54, 1.807) is 6.92 Å². The molecule has 0 aliphatic heterocycles. The molecule has 1 aromatic rings. The van der Waals surface area contributed by atoms with Crippen LogP contribution in [0.25, 0.3) is 0 Å². The van der Waals surface area contributed by atoms with Gasteiger partial charge in [0.15, 0.2) is 0 Å². The van der Waals surface area contributed by atoms with Crippen molar-refractivity contribution >= 4 is 44.4 Å². The Morgan fingerprint density at radius 2 is 2.22 bits per heavy atom. The molecule has 0 saturated heterocycles. The Bertz CT molecular complexity index is 435. The first-order valence-electron chi connectivity index (χ1n) is 5.81. The van der Waals surface area contributed by atoms with Crippen molar-refractivity contribution in [2.24, 2.45) is 0 Å². The summed E-state index contributed by atoms with van der Waals surface area (Å²) in [5.74, 6) is -0.170. The highest BCUT2D eigenvalue weighted by Gasteiger charge is 2.20. The number of nitrogens with one attached hydrogen (secondary N) is 1. The van der Waals surface area contributed by atoms with E-state index in [9.17, 15) is 9.90 Å². The van der Waals surface area contributed by atoms with Gasteiger partial charge in [-0.15, -0.1) is 0 Å². The molecule has 1 atom stereocenters. The minimum absolute atomic E-state index is 0.170. The molecule has 100 valence electrons. The predicted molar refractivity (Wildman–Crippen MR) is 84.7 cm³/mol. The van der Waals surface area contributed by atoms with Gasteiger partial charge in [-0.05, 0) is 70.1 Å². The maximum atomic E-state index is 12.0. The third-order valence-electron chi connectivity index (χ3n) is 2.59. The Morgan fingerprint density at radius 3 is 2.83 bits per heavy atom. The van der Waals surface area contributed by atoms with Gasteiger partial charge in [0.1, 0.15) is 0 Å². The van der Waals surface area contributed by atoms with Crippen molar-refractivity contribution < 1.29 is 9.90 Å². The van der Waals surface area contributed by atoms with E-state index in [0.29, 0.717) is 12.0 Å². The van der Waals surface area contributed by atoms with Crippen LogP contribution in [0.2, 0.25) is 0 Å². The third kappa shape index (κ3) is 4.85. The molecule has 0 aliphatic rings. The summed E-state index contributed by atoms with van der Waals surface area (Å²) in [7, 11) is 0. The number of carbonyl (C=O) groups excluding carboxylic acids is 1. The van der Waals surface area contributed by atoms with Crippen molar-refractivity contribution in [3.05, 3.63) is 31.8 Å². The van der Waals surface area contributed by atoms with Crippen LogP contribution in [0.4, 0.5) is 0 Å². The number of amides is 1. The molecule has 1 aromatic carbocycles. The average molecular weight is 426 g/mol. The maximum absolute atomic E-state index is 12.0. The SMILES string of the molecule is CCCC(C)(O)CNC(=O)c1cc(I)ccc1Br. The molecule has 0 spiro atoms. The van der Waals surface area contributed by atoms with Gasteiger partial charge in [0.2, 0.25) is 0 Å². The zero-order valence-corrected chi connectivity index (χ0v) is 14.2. The van der Waals surface area contributed by atoms with Crippen LogP contribution in [-0.2, 0) is 0 Å². The summed E-state index contributed by atoms with van der Waals surface area (Å²) < 4.78 is 1.76. The molecule has 18 heavy (non-hydrogen) atoms. The summed E-state index contributed by atoms with van der Waals surface area (Å²) in [5.41, 5.74) is -0.257. The number of hydrogen-bond donors (Lipinski definition) is 2. The molecule has 3 nitrogen and oxygen atoms in total. The van der Waals surface area contributed by atoms with E-state index in [0.717, 1.165) is 14.5 Å². The first kappa shape index (κ1) is 15.9. The topological polar surface area (TPSA) is 49.3 Å². The third-order valence-corrected chi connectivity index (χ3v) is 3.95. The van der Waals surface area contributed by atoms with Gasteiger partial charge in [-0.25, -0.2) is 0 Å². The fourth-order valence-corrected chi connectivity index (χ4v) is 2.58. The molecule has 5 heteroatoms. The molecule has 1 rings (SSSR count). The Hall–Kier alpha value is -0.140. The van der Waals surface area contributed by atoms with E-state index < -0.39 is 5.60 Å². The zero-order chi connectivity index (χ0) is 13.8. The van der Waals surface area contributed by atoms with Gasteiger partial charge in [-0.3, -0.25) is 4.79 Å². The minimum Gasteiger partial charge on any atom is -0.388 e. The summed E-state index contributed by atoms with van der Waals surface area (Å²) >= 11 is 5.52. The molecule has 1 unspecified atom stereocenters. The van der Waals surface area contributed by atoms with Crippen molar-refractivity contribution in [3.8, 4) is 0 Å². The minimum atomic E-state index is -0.848. The van der Waals surface area contributed by atoms with E-state index in [2.05, 4.69) is 43.8 Å². The van der Waals surface area contributed by atoms with Crippen LogP contribution >= 0.6 is 38.5 Å². The quantitative estimate of drug-likeness (QED) is 0.711. The van der Waals surface area contributed by atoms with Gasteiger partial charge in [-0.2, -0.15) is 0 Å². The molecular weight excluding hydrogens is 409 g/mol. The summed E-state index contributed by atoms with van der Waals surface area (Å²) in [4.78, 5) is 12.0. The lowest BCUT2D eigenvalue weighted by Gasteiger charge is -2.23. The molecule has 0 radical (unpaired) electrons. The van der Waals surface area contributed by atoms with Crippen molar-refractivity contribution in [2.45, 2.75) is 32.3 Å². The molecule has 0 fully saturated rings. The standard InChI is InChI=1S/C13H17BrINO2/c1-3-6-13(2,18)8-16-12(17)10-7-9(15)4-5-11(10)14/h4-5,7,18H,3,6,8H2,1-2H3,(H,16,17). The fraction of sp³-hybridized carbons (Fsp3) is 0.462. The number of carbonyl (C=O) groups is 1. The molecular formula is C13H17BrINO2. The molecule has 0 bridgehead atoms. The number of halogens is 2. The number of benzene rings is 1. The molecule has 0 saturated carbocycles. The Kier molecular flexibility index (Phi) is 6.07. The Morgan fingerprint density at radius 1 is 1.56 bits per heavy atom. The van der Waals surface area contributed by atoms with Crippen molar-refractivity contribution in [1.82, 2.24) is 5.32 Å². The van der Waals surface area contributed by atoms with E-state index in [-0.39, 0.29) is 12.5 Å². The van der Waals surface area contributed by atoms with E-state index in [4.69, 9.17) is 0 Å². The van der Waals surface area contributed by atoms with Crippen molar-refractivity contribution in [1.29, 1.82) is 0 Å². The predicted octanol–water partition coefficient (Wildman–Crippen LogP) is 3.33. The van der Waals surface area contributed by atoms with Gasteiger partial charge >= 0.3 is 0 Å². The largest absolute Gasteiger partial charge is 0.388 e. The molecule has 1 amide bonds. The second kappa shape index (κ2) is 6.86. The fourth-order valence-electron chi connectivity index (χ4n) is 1.66. The lowest BCUT2D eigenvalue weighted by Crippen LogP contribution is -2.40. The number of hydrogen-bond acceptors (Lipinski definition) is 2. The normalized spacial score (nSPS) is 14.1. The maximum Gasteiger partial charge on any atom is 0.252 e. The van der Waals surface area contributed by atoms with Gasteiger partial charge in [0.25, 0.3) is 5.91 Å². The zero-order valence-electron chi connectivity index (χ0n) is 10.5. The lowest BCUT2D eigenvalue weighted by atomic mass is 10.0. The van der Waals surface area contributed by atoms with Gasteiger partial charge in [0, 0.05) is 14.6 Å². The van der Waals surface area contributed by atoms with Crippen LogP contribution < -0.4 is 5.32 Å². The monoisotopic (exact) mass is 425 g/mol. The highest BCUT2D eigenvalue weighted by Crippen LogP contribution is 2.19. The van der Waals surface area contributed by atoms with Gasteiger partial charge in [-0.1, -0.05) is 13.3 Å². The number of rotatable bonds is 5.